The van der Waals surface area contributed by atoms with E-state index in [4.69, 9.17) is 16.7 Å². The Bertz CT molecular complexity index is 544. The lowest BCUT2D eigenvalue weighted by atomic mass is 10.2. The molecule has 0 aliphatic carbocycles. The van der Waals surface area contributed by atoms with Crippen molar-refractivity contribution < 1.29 is 14.7 Å². The molecule has 1 N–H and O–H groups in total. The van der Waals surface area contributed by atoms with Crippen molar-refractivity contribution in [1.29, 1.82) is 0 Å². The van der Waals surface area contributed by atoms with Crippen molar-refractivity contribution in [3.63, 3.8) is 0 Å². The van der Waals surface area contributed by atoms with Crippen LogP contribution < -0.4 is 0 Å². The molecule has 1 unspecified atom stereocenters. The lowest BCUT2D eigenvalue weighted by Gasteiger charge is -2.15. The van der Waals surface area contributed by atoms with E-state index in [1.807, 2.05) is 0 Å². The molecule has 0 saturated carbocycles. The Morgan fingerprint density at radius 2 is 2.11 bits per heavy atom. The number of hydrogen-bond donors (Lipinski definition) is 2. The van der Waals surface area contributed by atoms with Crippen LogP contribution in [0.3, 0.4) is 0 Å². The van der Waals surface area contributed by atoms with Crippen molar-refractivity contribution in [2.45, 2.75) is 4.71 Å². The average Bonchev–Trinajstić information content (AvgIpc) is 2.60. The van der Waals surface area contributed by atoms with Crippen molar-refractivity contribution >= 4 is 53.9 Å². The molecular weight excluding hydrogens is 306 g/mol. The molecule has 1 atom stereocenters. The zero-order valence-electron chi connectivity index (χ0n) is 9.62. The molecule has 0 bridgehead atoms. The molecule has 1 aromatic carbocycles. The van der Waals surface area contributed by atoms with Crippen LogP contribution in [0.15, 0.2) is 29.2 Å². The monoisotopic (exact) mass is 315 g/mol. The van der Waals surface area contributed by atoms with Crippen LogP contribution in [0, 0.1) is 0 Å². The summed E-state index contributed by atoms with van der Waals surface area (Å²) < 4.78 is -0.470. The smallest absolute Gasteiger partial charge is 0.323 e. The summed E-state index contributed by atoms with van der Waals surface area (Å²) in [5.41, 5.74) is 0.831. The molecule has 1 aliphatic rings. The highest BCUT2D eigenvalue weighted by Crippen LogP contribution is 2.37. The third-order valence-electron chi connectivity index (χ3n) is 2.44. The molecule has 1 aliphatic heterocycles. The highest BCUT2D eigenvalue weighted by molar-refractivity contribution is 8.14. The molecule has 0 aromatic heterocycles. The first-order valence-electron chi connectivity index (χ1n) is 5.32. The maximum Gasteiger partial charge on any atom is 0.323 e. The van der Waals surface area contributed by atoms with Gasteiger partial charge in [-0.25, -0.2) is 0 Å². The highest BCUT2D eigenvalue weighted by Gasteiger charge is 2.35. The Morgan fingerprint density at radius 1 is 1.47 bits per heavy atom. The Labute approximate surface area is 124 Å². The van der Waals surface area contributed by atoms with E-state index in [0.29, 0.717) is 9.93 Å². The first kappa shape index (κ1) is 14.3. The second-order valence-electron chi connectivity index (χ2n) is 3.83. The number of thiol groups is 1. The summed E-state index contributed by atoms with van der Waals surface area (Å²) in [5.74, 6) is -1.37. The van der Waals surface area contributed by atoms with Gasteiger partial charge in [-0.2, -0.15) is 0 Å². The summed E-state index contributed by atoms with van der Waals surface area (Å²) >= 11 is 11.2. The van der Waals surface area contributed by atoms with Crippen molar-refractivity contribution in [3.05, 3.63) is 39.8 Å². The van der Waals surface area contributed by atoms with Crippen LogP contribution in [0.1, 0.15) is 5.56 Å². The van der Waals surface area contributed by atoms with Crippen molar-refractivity contribution in [1.82, 2.24) is 4.90 Å². The van der Waals surface area contributed by atoms with Gasteiger partial charge in [0, 0.05) is 5.02 Å². The van der Waals surface area contributed by atoms with Gasteiger partial charge >= 0.3 is 5.97 Å². The number of hydrogen-bond acceptors (Lipinski definition) is 4. The third kappa shape index (κ3) is 3.46. The molecule has 19 heavy (non-hydrogen) atoms. The van der Waals surface area contributed by atoms with Gasteiger partial charge < -0.3 is 10.0 Å². The summed E-state index contributed by atoms with van der Waals surface area (Å²) in [5, 5.41) is 9.36. The fourth-order valence-electron chi connectivity index (χ4n) is 1.57. The minimum Gasteiger partial charge on any atom is -0.480 e. The summed E-state index contributed by atoms with van der Waals surface area (Å²) in [4.78, 5) is 24.4. The molecule has 1 aromatic rings. The molecule has 1 amide bonds. The Balaban J connectivity index is 2.20. The summed E-state index contributed by atoms with van der Waals surface area (Å²) in [7, 11) is 0. The van der Waals surface area contributed by atoms with Crippen LogP contribution in [0.4, 0.5) is 0 Å². The van der Waals surface area contributed by atoms with E-state index in [9.17, 15) is 9.59 Å². The number of benzene rings is 1. The van der Waals surface area contributed by atoms with Gasteiger partial charge in [0.05, 0.1) is 4.91 Å². The largest absolute Gasteiger partial charge is 0.480 e. The van der Waals surface area contributed by atoms with Crippen LogP contribution >= 0.6 is 36.0 Å². The van der Waals surface area contributed by atoms with Gasteiger partial charge in [0.25, 0.3) is 5.91 Å². The Morgan fingerprint density at radius 3 is 2.68 bits per heavy atom. The fourth-order valence-corrected chi connectivity index (χ4v) is 3.17. The summed E-state index contributed by atoms with van der Waals surface area (Å²) in [6.07, 6.45) is 1.70. The van der Waals surface area contributed by atoms with E-state index >= 15 is 0 Å². The second kappa shape index (κ2) is 5.90. The number of carbonyl (C=O) groups excluding carboxylic acids is 1. The van der Waals surface area contributed by atoms with E-state index < -0.39 is 10.7 Å². The SMILES string of the molecule is O=C(O)CN1C(=O)C(=Cc2ccc(Cl)cc2)SC1S. The van der Waals surface area contributed by atoms with Crippen LogP contribution in [0.5, 0.6) is 0 Å². The van der Waals surface area contributed by atoms with Gasteiger partial charge in [-0.1, -0.05) is 35.5 Å². The first-order valence-corrected chi connectivity index (χ1v) is 7.09. The molecule has 1 heterocycles. The molecule has 4 nitrogen and oxygen atoms in total. The number of carboxylic acids is 1. The minimum atomic E-state index is -1.05. The standard InChI is InChI=1S/C12H10ClNO3S2/c13-8-3-1-7(2-4-8)5-9-11(17)14(6-10(15)16)12(18)19-9/h1-5,12,18H,6H2,(H,15,16). The quantitative estimate of drug-likeness (QED) is 0.665. The number of rotatable bonds is 3. The van der Waals surface area contributed by atoms with Gasteiger partial charge in [-0.05, 0) is 23.8 Å². The van der Waals surface area contributed by atoms with Gasteiger partial charge in [0.15, 0.2) is 0 Å². The molecule has 2 rings (SSSR count). The normalized spacial score (nSPS) is 21.2. The van der Waals surface area contributed by atoms with E-state index in [1.54, 1.807) is 30.3 Å². The van der Waals surface area contributed by atoms with Crippen molar-refractivity contribution in [2.24, 2.45) is 0 Å². The molecule has 0 radical (unpaired) electrons. The number of halogens is 1. The summed E-state index contributed by atoms with van der Waals surface area (Å²) in [6, 6.07) is 7.03. The summed E-state index contributed by atoms with van der Waals surface area (Å²) in [6.45, 7) is -0.349. The lowest BCUT2D eigenvalue weighted by molar-refractivity contribution is -0.142. The number of nitrogens with zero attached hydrogens (tertiary/aromatic N) is 1. The van der Waals surface area contributed by atoms with Crippen molar-refractivity contribution in [3.8, 4) is 0 Å². The number of thioether (sulfide) groups is 1. The molecule has 7 heteroatoms. The van der Waals surface area contributed by atoms with Gasteiger partial charge in [-0.3, -0.25) is 9.59 Å². The maximum atomic E-state index is 12.0. The predicted molar refractivity (Wildman–Crippen MR) is 79.1 cm³/mol. The predicted octanol–water partition coefficient (Wildman–Crippen LogP) is 2.55. The zero-order valence-corrected chi connectivity index (χ0v) is 12.1. The Hall–Kier alpha value is -1.11. The average molecular weight is 316 g/mol. The number of amides is 1. The maximum absolute atomic E-state index is 12.0. The third-order valence-corrected chi connectivity index (χ3v) is 4.30. The van der Waals surface area contributed by atoms with E-state index in [2.05, 4.69) is 12.6 Å². The topological polar surface area (TPSA) is 57.6 Å². The minimum absolute atomic E-state index is 0.317. The second-order valence-corrected chi connectivity index (χ2v) is 6.23. The lowest BCUT2D eigenvalue weighted by Crippen LogP contribution is -2.34. The van der Waals surface area contributed by atoms with Crippen LogP contribution in [0.25, 0.3) is 6.08 Å². The molecule has 0 spiro atoms. The number of carboxylic acid groups (broad SMARTS) is 1. The first-order chi connectivity index (χ1) is 8.97. The Kier molecular flexibility index (Phi) is 4.44. The number of aliphatic carboxylic acids is 1. The van der Waals surface area contributed by atoms with E-state index in [0.717, 1.165) is 5.56 Å². The van der Waals surface area contributed by atoms with Gasteiger partial charge in [0.1, 0.15) is 11.3 Å². The van der Waals surface area contributed by atoms with Gasteiger partial charge in [0.2, 0.25) is 0 Å². The van der Waals surface area contributed by atoms with E-state index in [-0.39, 0.29) is 12.5 Å². The van der Waals surface area contributed by atoms with Crippen LogP contribution in [-0.4, -0.2) is 33.1 Å². The molecular formula is C12H10ClNO3S2. The zero-order chi connectivity index (χ0) is 14.0. The van der Waals surface area contributed by atoms with Gasteiger partial charge in [-0.15, -0.1) is 12.6 Å². The van der Waals surface area contributed by atoms with Crippen LogP contribution in [-0.2, 0) is 9.59 Å². The number of carbonyl (C=O) groups is 2. The molecule has 1 saturated heterocycles. The van der Waals surface area contributed by atoms with Crippen molar-refractivity contribution in [2.75, 3.05) is 6.54 Å². The fraction of sp³-hybridized carbons (Fsp3) is 0.167. The van der Waals surface area contributed by atoms with E-state index in [1.165, 1.54) is 16.7 Å². The van der Waals surface area contributed by atoms with Crippen LogP contribution in [0.2, 0.25) is 5.02 Å². The highest BCUT2D eigenvalue weighted by atomic mass is 35.5. The molecule has 100 valence electrons. The molecule has 1 fully saturated rings.